The highest BCUT2D eigenvalue weighted by molar-refractivity contribution is 5.85. The monoisotopic (exact) mass is 326 g/mol. The molecule has 1 heterocycles. The molecule has 1 saturated heterocycles. The number of rotatable bonds is 5. The van der Waals surface area contributed by atoms with Crippen molar-refractivity contribution in [2.24, 2.45) is 0 Å². The molecule has 2 rings (SSSR count). The molecule has 1 N–H and O–H groups in total. The lowest BCUT2D eigenvalue weighted by molar-refractivity contribution is -0.131. The van der Waals surface area contributed by atoms with Crippen LogP contribution in [0.3, 0.4) is 0 Å². The Morgan fingerprint density at radius 1 is 1.36 bits per heavy atom. The predicted octanol–water partition coefficient (Wildman–Crippen LogP) is 2.57. The van der Waals surface area contributed by atoms with Crippen LogP contribution in [0.4, 0.5) is 0 Å². The van der Waals surface area contributed by atoms with Crippen LogP contribution in [0.1, 0.15) is 37.3 Å². The van der Waals surface area contributed by atoms with Crippen LogP contribution >= 0.6 is 12.4 Å². The summed E-state index contributed by atoms with van der Waals surface area (Å²) in [6.45, 7) is 7.22. The molecule has 1 aliphatic rings. The van der Waals surface area contributed by atoms with E-state index in [4.69, 9.17) is 4.74 Å². The Bertz CT molecular complexity index is 456. The van der Waals surface area contributed by atoms with E-state index < -0.39 is 0 Å². The third-order valence-corrected chi connectivity index (χ3v) is 3.91. The number of carbonyl (C=O) groups excluding carboxylic acids is 1. The zero-order valence-electron chi connectivity index (χ0n) is 13.7. The van der Waals surface area contributed by atoms with Crippen molar-refractivity contribution in [1.29, 1.82) is 0 Å². The van der Waals surface area contributed by atoms with Gasteiger partial charge in [0.05, 0.1) is 13.2 Å². The lowest BCUT2D eigenvalue weighted by atomic mass is 10.0. The highest BCUT2D eigenvalue weighted by Crippen LogP contribution is 2.15. The van der Waals surface area contributed by atoms with E-state index in [0.717, 1.165) is 13.2 Å². The number of ether oxygens (including phenoxy) is 1. The van der Waals surface area contributed by atoms with Gasteiger partial charge >= 0.3 is 0 Å². The normalized spacial score (nSPS) is 17.9. The fraction of sp³-hybridized carbons (Fsp3) is 0.588. The molecule has 0 saturated carbocycles. The van der Waals surface area contributed by atoms with Gasteiger partial charge in [-0.25, -0.2) is 0 Å². The van der Waals surface area contributed by atoms with Crippen LogP contribution < -0.4 is 5.32 Å². The molecular weight excluding hydrogens is 300 g/mol. The Morgan fingerprint density at radius 2 is 2.05 bits per heavy atom. The summed E-state index contributed by atoms with van der Waals surface area (Å²) in [6.07, 6.45) is 0.501. The van der Waals surface area contributed by atoms with Gasteiger partial charge in [-0.1, -0.05) is 38.1 Å². The number of nitrogens with one attached hydrogen (secondary N) is 1. The SMILES string of the molecule is CC(C)c1ccc(CN(C)C(=O)CC2COCCN2)cc1.Cl. The molecule has 1 aromatic rings. The van der Waals surface area contributed by atoms with Gasteiger partial charge in [0.2, 0.25) is 5.91 Å². The summed E-state index contributed by atoms with van der Waals surface area (Å²) >= 11 is 0. The fourth-order valence-corrected chi connectivity index (χ4v) is 2.49. The van der Waals surface area contributed by atoms with Gasteiger partial charge in [0, 0.05) is 32.6 Å². The second-order valence-corrected chi connectivity index (χ2v) is 6.08. The molecule has 0 spiro atoms. The molecule has 1 atom stereocenters. The molecule has 0 radical (unpaired) electrons. The first-order valence-electron chi connectivity index (χ1n) is 7.70. The standard InChI is InChI=1S/C17H26N2O2.ClH/c1-13(2)15-6-4-14(5-7-15)11-19(3)17(20)10-16-12-21-9-8-18-16;/h4-7,13,16,18H,8-12H2,1-3H3;1H. The summed E-state index contributed by atoms with van der Waals surface area (Å²) in [5.41, 5.74) is 2.50. The molecule has 1 amide bonds. The molecule has 1 aromatic carbocycles. The first kappa shape index (κ1) is 18.9. The Kier molecular flexibility index (Phi) is 7.87. The first-order valence-corrected chi connectivity index (χ1v) is 7.70. The van der Waals surface area contributed by atoms with Crippen LogP contribution in [0.2, 0.25) is 0 Å². The summed E-state index contributed by atoms with van der Waals surface area (Å²) in [7, 11) is 1.86. The van der Waals surface area contributed by atoms with Crippen molar-refractivity contribution < 1.29 is 9.53 Å². The largest absolute Gasteiger partial charge is 0.378 e. The van der Waals surface area contributed by atoms with Gasteiger partial charge in [-0.3, -0.25) is 4.79 Å². The van der Waals surface area contributed by atoms with Crippen LogP contribution in [0, 0.1) is 0 Å². The maximum Gasteiger partial charge on any atom is 0.224 e. The van der Waals surface area contributed by atoms with Crippen molar-refractivity contribution in [1.82, 2.24) is 10.2 Å². The van der Waals surface area contributed by atoms with Gasteiger partial charge < -0.3 is 15.0 Å². The molecule has 1 fully saturated rings. The summed E-state index contributed by atoms with van der Waals surface area (Å²) in [6, 6.07) is 8.67. The summed E-state index contributed by atoms with van der Waals surface area (Å²) in [5, 5.41) is 3.32. The zero-order chi connectivity index (χ0) is 15.2. The molecule has 1 unspecified atom stereocenters. The van der Waals surface area contributed by atoms with Crippen molar-refractivity contribution in [2.75, 3.05) is 26.8 Å². The number of morpholine rings is 1. The van der Waals surface area contributed by atoms with E-state index in [2.05, 4.69) is 43.4 Å². The van der Waals surface area contributed by atoms with E-state index in [1.54, 1.807) is 4.90 Å². The molecule has 5 heteroatoms. The highest BCUT2D eigenvalue weighted by Gasteiger charge is 2.19. The van der Waals surface area contributed by atoms with E-state index in [0.29, 0.717) is 25.5 Å². The Hall–Kier alpha value is -1.10. The van der Waals surface area contributed by atoms with E-state index in [-0.39, 0.29) is 24.4 Å². The number of hydrogen-bond acceptors (Lipinski definition) is 3. The van der Waals surface area contributed by atoms with E-state index in [1.165, 1.54) is 11.1 Å². The molecule has 4 nitrogen and oxygen atoms in total. The third-order valence-electron chi connectivity index (χ3n) is 3.91. The fourth-order valence-electron chi connectivity index (χ4n) is 2.49. The quantitative estimate of drug-likeness (QED) is 0.904. The molecular formula is C17H27ClN2O2. The van der Waals surface area contributed by atoms with Gasteiger partial charge in [0.25, 0.3) is 0 Å². The van der Waals surface area contributed by atoms with Crippen LogP contribution in [-0.2, 0) is 16.1 Å². The minimum absolute atomic E-state index is 0. The van der Waals surface area contributed by atoms with Crippen molar-refractivity contribution >= 4 is 18.3 Å². The minimum Gasteiger partial charge on any atom is -0.378 e. The van der Waals surface area contributed by atoms with Crippen molar-refractivity contribution in [3.8, 4) is 0 Å². The smallest absolute Gasteiger partial charge is 0.224 e. The van der Waals surface area contributed by atoms with E-state index >= 15 is 0 Å². The molecule has 0 bridgehead atoms. The van der Waals surface area contributed by atoms with Crippen LogP contribution in [0.5, 0.6) is 0 Å². The van der Waals surface area contributed by atoms with Gasteiger partial charge in [-0.15, -0.1) is 12.4 Å². The first-order chi connectivity index (χ1) is 10.1. The average molecular weight is 327 g/mol. The Morgan fingerprint density at radius 3 is 2.59 bits per heavy atom. The molecule has 0 aromatic heterocycles. The number of carbonyl (C=O) groups is 1. The second kappa shape index (κ2) is 9.13. The topological polar surface area (TPSA) is 41.6 Å². The number of benzene rings is 1. The molecule has 1 aliphatic heterocycles. The maximum atomic E-state index is 12.2. The highest BCUT2D eigenvalue weighted by atomic mass is 35.5. The third kappa shape index (κ3) is 5.59. The van der Waals surface area contributed by atoms with Crippen LogP contribution in [0.15, 0.2) is 24.3 Å². The Labute approximate surface area is 139 Å². The van der Waals surface area contributed by atoms with Crippen molar-refractivity contribution in [3.63, 3.8) is 0 Å². The van der Waals surface area contributed by atoms with Crippen LogP contribution in [-0.4, -0.2) is 43.7 Å². The van der Waals surface area contributed by atoms with Crippen LogP contribution in [0.25, 0.3) is 0 Å². The lowest BCUT2D eigenvalue weighted by Gasteiger charge is -2.25. The molecule has 0 aliphatic carbocycles. The Balaban J connectivity index is 0.00000242. The maximum absolute atomic E-state index is 12.2. The van der Waals surface area contributed by atoms with Gasteiger partial charge in [0.1, 0.15) is 0 Å². The number of halogens is 1. The molecule has 22 heavy (non-hydrogen) atoms. The van der Waals surface area contributed by atoms with Crippen molar-refractivity contribution in [3.05, 3.63) is 35.4 Å². The van der Waals surface area contributed by atoms with Gasteiger partial charge in [0.15, 0.2) is 0 Å². The lowest BCUT2D eigenvalue weighted by Crippen LogP contribution is -2.44. The zero-order valence-corrected chi connectivity index (χ0v) is 14.5. The summed E-state index contributed by atoms with van der Waals surface area (Å²) < 4.78 is 5.38. The van der Waals surface area contributed by atoms with Gasteiger partial charge in [-0.05, 0) is 17.0 Å². The minimum atomic E-state index is 0. The van der Waals surface area contributed by atoms with Gasteiger partial charge in [-0.2, -0.15) is 0 Å². The second-order valence-electron chi connectivity index (χ2n) is 6.08. The number of nitrogens with zero attached hydrogens (tertiary/aromatic N) is 1. The van der Waals surface area contributed by atoms with E-state index in [1.807, 2.05) is 7.05 Å². The molecule has 124 valence electrons. The summed E-state index contributed by atoms with van der Waals surface area (Å²) in [4.78, 5) is 14.0. The average Bonchev–Trinajstić information content (AvgIpc) is 2.48. The number of hydrogen-bond donors (Lipinski definition) is 1. The summed E-state index contributed by atoms with van der Waals surface area (Å²) in [5.74, 6) is 0.696. The predicted molar refractivity (Wildman–Crippen MR) is 91.5 cm³/mol. The number of amides is 1. The van der Waals surface area contributed by atoms with E-state index in [9.17, 15) is 4.79 Å². The van der Waals surface area contributed by atoms with Crippen molar-refractivity contribution in [2.45, 2.75) is 38.8 Å².